The summed E-state index contributed by atoms with van der Waals surface area (Å²) in [5.41, 5.74) is 0. The van der Waals surface area contributed by atoms with Crippen molar-refractivity contribution in [1.82, 2.24) is 0 Å². The van der Waals surface area contributed by atoms with Crippen molar-refractivity contribution in [1.29, 1.82) is 0 Å². The summed E-state index contributed by atoms with van der Waals surface area (Å²) in [7, 11) is 0.525. The van der Waals surface area contributed by atoms with E-state index in [9.17, 15) is 0 Å². The van der Waals surface area contributed by atoms with Gasteiger partial charge in [-0.3, -0.25) is 0 Å². The molecule has 0 N–H and O–H groups in total. The summed E-state index contributed by atoms with van der Waals surface area (Å²) < 4.78 is 17.1. The van der Waals surface area contributed by atoms with E-state index in [2.05, 4.69) is 60.7 Å². The van der Waals surface area contributed by atoms with E-state index >= 15 is 0 Å². The van der Waals surface area contributed by atoms with Crippen LogP contribution in [0.4, 0.5) is 0 Å². The van der Waals surface area contributed by atoms with E-state index in [1.165, 1.54) is 10.6 Å². The fraction of sp³-hybridized carbons (Fsp3) is 0.368. The minimum absolute atomic E-state index is 0.368. The first-order valence-corrected chi connectivity index (χ1v) is 11.8. The number of hydrogen-bond acceptors (Lipinski definition) is 3. The van der Waals surface area contributed by atoms with Gasteiger partial charge in [0.05, 0.1) is 0 Å². The van der Waals surface area contributed by atoms with Gasteiger partial charge in [0.15, 0.2) is 0 Å². The summed E-state index contributed by atoms with van der Waals surface area (Å²) >= 11 is 0. The topological polar surface area (TPSA) is 27.7 Å². The van der Waals surface area contributed by atoms with Crippen molar-refractivity contribution < 1.29 is 13.3 Å². The zero-order valence-corrected chi connectivity index (χ0v) is 16.7. The fourth-order valence-electron chi connectivity index (χ4n) is 2.77. The molecule has 0 atom stereocenters. The van der Waals surface area contributed by atoms with E-state index < -0.39 is 8.80 Å². The smallest absolute Gasteiger partial charge is 0.377 e. The Morgan fingerprint density at radius 3 is 1.75 bits per heavy atom. The molecule has 0 aliphatic carbocycles. The van der Waals surface area contributed by atoms with Gasteiger partial charge >= 0.3 is 8.80 Å². The van der Waals surface area contributed by atoms with Crippen molar-refractivity contribution >= 4 is 27.3 Å². The summed E-state index contributed by atoms with van der Waals surface area (Å²) in [6.07, 6.45) is 2.14. The number of hydrogen-bond donors (Lipinski definition) is 0. The molecule has 0 spiro atoms. The Hall–Kier alpha value is -1.03. The molecule has 2 aromatic carbocycles. The van der Waals surface area contributed by atoms with E-state index in [1.54, 1.807) is 14.2 Å². The first-order valence-electron chi connectivity index (χ1n) is 8.36. The van der Waals surface area contributed by atoms with Crippen LogP contribution in [0.2, 0.25) is 6.04 Å². The summed E-state index contributed by atoms with van der Waals surface area (Å²) in [6.45, 7) is 2.61. The minimum atomic E-state index is -2.50. The molecule has 0 aliphatic heterocycles. The van der Waals surface area contributed by atoms with E-state index in [4.69, 9.17) is 13.3 Å². The SMILES string of the molecule is CCO[Si](CCCP(c1ccccc1)c1ccccc1)(OC)OC. The second-order valence-electron chi connectivity index (χ2n) is 5.45. The van der Waals surface area contributed by atoms with Crippen molar-refractivity contribution in [2.75, 3.05) is 27.0 Å². The van der Waals surface area contributed by atoms with Crippen LogP contribution in [0.15, 0.2) is 60.7 Å². The van der Waals surface area contributed by atoms with Gasteiger partial charge in [-0.2, -0.15) is 0 Å². The van der Waals surface area contributed by atoms with Gasteiger partial charge in [0, 0.05) is 26.9 Å². The van der Waals surface area contributed by atoms with E-state index in [1.807, 2.05) is 6.92 Å². The van der Waals surface area contributed by atoms with Crippen molar-refractivity contribution in [2.45, 2.75) is 19.4 Å². The molecule has 5 heteroatoms. The average molecular weight is 362 g/mol. The molecule has 0 amide bonds. The van der Waals surface area contributed by atoms with Gasteiger partial charge in [0.1, 0.15) is 0 Å². The zero-order valence-electron chi connectivity index (χ0n) is 14.8. The van der Waals surface area contributed by atoms with Gasteiger partial charge in [-0.15, -0.1) is 0 Å². The van der Waals surface area contributed by atoms with Gasteiger partial charge in [0.25, 0.3) is 0 Å². The minimum Gasteiger partial charge on any atom is -0.377 e. The van der Waals surface area contributed by atoms with Gasteiger partial charge in [-0.25, -0.2) is 0 Å². The van der Waals surface area contributed by atoms with Crippen LogP contribution in [0.3, 0.4) is 0 Å². The van der Waals surface area contributed by atoms with Crippen LogP contribution in [0.5, 0.6) is 0 Å². The van der Waals surface area contributed by atoms with Gasteiger partial charge in [0.2, 0.25) is 0 Å². The average Bonchev–Trinajstić information content (AvgIpc) is 2.66. The quantitative estimate of drug-likeness (QED) is 0.476. The molecule has 130 valence electrons. The number of rotatable bonds is 10. The predicted octanol–water partition coefficient (Wildman–Crippen LogP) is 3.78. The Morgan fingerprint density at radius 2 is 1.33 bits per heavy atom. The normalized spacial score (nSPS) is 11.8. The molecule has 0 radical (unpaired) electrons. The fourth-order valence-corrected chi connectivity index (χ4v) is 7.43. The Kier molecular flexibility index (Phi) is 8.10. The third-order valence-corrected chi connectivity index (χ3v) is 9.53. The third kappa shape index (κ3) is 5.23. The lowest BCUT2D eigenvalue weighted by atomic mass is 10.4. The van der Waals surface area contributed by atoms with Crippen LogP contribution in [-0.2, 0) is 13.3 Å². The molecule has 0 heterocycles. The van der Waals surface area contributed by atoms with Crippen LogP contribution < -0.4 is 10.6 Å². The Morgan fingerprint density at radius 1 is 0.833 bits per heavy atom. The Labute approximate surface area is 148 Å². The van der Waals surface area contributed by atoms with Gasteiger partial charge < -0.3 is 13.3 Å². The molecule has 0 saturated carbocycles. The van der Waals surface area contributed by atoms with Crippen LogP contribution in [0, 0.1) is 0 Å². The van der Waals surface area contributed by atoms with E-state index in [-0.39, 0.29) is 7.92 Å². The highest BCUT2D eigenvalue weighted by molar-refractivity contribution is 7.73. The van der Waals surface area contributed by atoms with Gasteiger partial charge in [-0.1, -0.05) is 60.7 Å². The number of benzene rings is 2. The van der Waals surface area contributed by atoms with Crippen molar-refractivity contribution in [2.24, 2.45) is 0 Å². The lowest BCUT2D eigenvalue weighted by Gasteiger charge is -2.27. The lowest BCUT2D eigenvalue weighted by molar-refractivity contribution is 0.104. The maximum absolute atomic E-state index is 5.82. The first kappa shape index (κ1) is 19.3. The molecular weight excluding hydrogens is 335 g/mol. The standard InChI is InChI=1S/C19H27O3PSi/c1-4-22-24(20-2,21-3)17-11-16-23(18-12-7-5-8-13-18)19-14-9-6-10-15-19/h5-10,12-15H,4,11,16-17H2,1-3H3. The maximum atomic E-state index is 5.82. The first-order chi connectivity index (χ1) is 11.7. The summed E-state index contributed by atoms with van der Waals surface area (Å²) in [5, 5.41) is 2.83. The summed E-state index contributed by atoms with van der Waals surface area (Å²) in [4.78, 5) is 0. The second-order valence-corrected chi connectivity index (χ2v) is 10.8. The monoisotopic (exact) mass is 362 g/mol. The molecule has 0 saturated heterocycles. The van der Waals surface area contributed by atoms with E-state index in [0.717, 1.165) is 18.6 Å². The third-order valence-electron chi connectivity index (χ3n) is 3.99. The molecule has 2 aromatic rings. The molecule has 0 unspecified atom stereocenters. The molecule has 0 fully saturated rings. The molecule has 0 bridgehead atoms. The second kappa shape index (κ2) is 10.1. The molecule has 2 rings (SSSR count). The molecule has 24 heavy (non-hydrogen) atoms. The largest absolute Gasteiger partial charge is 0.500 e. The van der Waals surface area contributed by atoms with Gasteiger partial charge in [-0.05, 0) is 38.0 Å². The highest BCUT2D eigenvalue weighted by Gasteiger charge is 2.38. The molecule has 0 aromatic heterocycles. The molecule has 3 nitrogen and oxygen atoms in total. The molecule has 0 aliphatic rings. The Balaban J connectivity index is 2.10. The zero-order chi connectivity index (χ0) is 17.3. The van der Waals surface area contributed by atoms with Crippen LogP contribution in [0.25, 0.3) is 0 Å². The summed E-state index contributed by atoms with van der Waals surface area (Å²) in [5.74, 6) is 0. The highest BCUT2D eigenvalue weighted by Crippen LogP contribution is 2.35. The lowest BCUT2D eigenvalue weighted by Crippen LogP contribution is -2.43. The molecular formula is C19H27O3PSi. The summed E-state index contributed by atoms with van der Waals surface area (Å²) in [6, 6.07) is 22.4. The van der Waals surface area contributed by atoms with E-state index in [0.29, 0.717) is 6.61 Å². The predicted molar refractivity (Wildman–Crippen MR) is 105 cm³/mol. The maximum Gasteiger partial charge on any atom is 0.500 e. The van der Waals surface area contributed by atoms with Crippen molar-refractivity contribution in [3.8, 4) is 0 Å². The van der Waals surface area contributed by atoms with Crippen molar-refractivity contribution in [3.63, 3.8) is 0 Å². The Bertz CT molecular complexity index is 536. The van der Waals surface area contributed by atoms with Crippen LogP contribution >= 0.6 is 7.92 Å². The van der Waals surface area contributed by atoms with Crippen LogP contribution in [0.1, 0.15) is 13.3 Å². The van der Waals surface area contributed by atoms with Crippen LogP contribution in [-0.4, -0.2) is 35.8 Å². The highest BCUT2D eigenvalue weighted by atomic mass is 31.1. The van der Waals surface area contributed by atoms with Crippen molar-refractivity contribution in [3.05, 3.63) is 60.7 Å².